The zero-order chi connectivity index (χ0) is 22.9. The molecule has 1 N–H and O–H groups in total. The van der Waals surface area contributed by atoms with Crippen LogP contribution in [0.3, 0.4) is 0 Å². The molecule has 4 aromatic heterocycles. The average molecular weight is 476 g/mol. The first-order valence-corrected chi connectivity index (χ1v) is 12.8. The van der Waals surface area contributed by atoms with Crippen molar-refractivity contribution >= 4 is 27.4 Å². The molecule has 1 saturated heterocycles. The molecule has 0 saturated carbocycles. The lowest BCUT2D eigenvalue weighted by Gasteiger charge is -2.26. The van der Waals surface area contributed by atoms with Gasteiger partial charge in [-0.1, -0.05) is 13.0 Å². The zero-order valence-electron chi connectivity index (χ0n) is 19.4. The first kappa shape index (κ1) is 21.6. The summed E-state index contributed by atoms with van der Waals surface area (Å²) in [4.78, 5) is 19.6. The first-order chi connectivity index (χ1) is 16.7. The molecule has 0 unspecified atom stereocenters. The summed E-state index contributed by atoms with van der Waals surface area (Å²) in [5, 5.41) is 9.11. The summed E-state index contributed by atoms with van der Waals surface area (Å²) in [6.07, 6.45) is 9.04. The van der Waals surface area contributed by atoms with Gasteiger partial charge in [-0.15, -0.1) is 11.3 Å². The molecule has 34 heavy (non-hydrogen) atoms. The van der Waals surface area contributed by atoms with Crippen LogP contribution in [0.4, 0.5) is 5.82 Å². The van der Waals surface area contributed by atoms with Gasteiger partial charge >= 0.3 is 0 Å². The molecule has 1 atom stereocenters. The molecule has 1 fully saturated rings. The summed E-state index contributed by atoms with van der Waals surface area (Å²) in [6, 6.07) is 5.99. The largest absolute Gasteiger partial charge is 0.379 e. The van der Waals surface area contributed by atoms with Gasteiger partial charge in [-0.25, -0.2) is 19.6 Å². The Morgan fingerprint density at radius 3 is 2.91 bits per heavy atom. The van der Waals surface area contributed by atoms with E-state index >= 15 is 0 Å². The molecule has 0 bridgehead atoms. The van der Waals surface area contributed by atoms with Gasteiger partial charge in [0.25, 0.3) is 0 Å². The van der Waals surface area contributed by atoms with E-state index in [0.29, 0.717) is 6.54 Å². The molecular formula is C25H29N7OS. The van der Waals surface area contributed by atoms with Crippen molar-refractivity contribution in [1.29, 1.82) is 0 Å². The number of ether oxygens (including phenoxy) is 1. The average Bonchev–Trinajstić information content (AvgIpc) is 3.51. The second kappa shape index (κ2) is 9.40. The van der Waals surface area contributed by atoms with Gasteiger partial charge in [0.15, 0.2) is 5.82 Å². The topological polar surface area (TPSA) is 81.0 Å². The third-order valence-electron chi connectivity index (χ3n) is 6.68. The number of pyridine rings is 1. The quantitative estimate of drug-likeness (QED) is 0.454. The Kier molecular flexibility index (Phi) is 5.98. The van der Waals surface area contributed by atoms with Crippen LogP contribution in [0.1, 0.15) is 35.2 Å². The molecule has 4 aromatic rings. The van der Waals surface area contributed by atoms with Crippen molar-refractivity contribution in [3.05, 3.63) is 58.6 Å². The fourth-order valence-corrected chi connectivity index (χ4v) is 6.19. The molecule has 0 spiro atoms. The molecule has 2 aliphatic rings. The van der Waals surface area contributed by atoms with Gasteiger partial charge in [-0.05, 0) is 48.4 Å². The van der Waals surface area contributed by atoms with E-state index in [4.69, 9.17) is 14.7 Å². The minimum Gasteiger partial charge on any atom is -0.379 e. The number of fused-ring (bicyclic) bond motifs is 3. The number of anilines is 1. The van der Waals surface area contributed by atoms with E-state index in [1.807, 2.05) is 35.9 Å². The van der Waals surface area contributed by atoms with Gasteiger partial charge < -0.3 is 10.1 Å². The van der Waals surface area contributed by atoms with Crippen LogP contribution in [0, 0.1) is 5.92 Å². The van der Waals surface area contributed by atoms with Crippen molar-refractivity contribution in [2.45, 2.75) is 39.3 Å². The molecular weight excluding hydrogens is 446 g/mol. The van der Waals surface area contributed by atoms with Gasteiger partial charge in [0.05, 0.1) is 25.1 Å². The molecule has 0 radical (unpaired) electrons. The van der Waals surface area contributed by atoms with Gasteiger partial charge in [0, 0.05) is 43.1 Å². The van der Waals surface area contributed by atoms with E-state index < -0.39 is 0 Å². The van der Waals surface area contributed by atoms with Crippen LogP contribution in [0.15, 0.2) is 36.8 Å². The van der Waals surface area contributed by atoms with Crippen LogP contribution in [-0.2, 0) is 30.7 Å². The maximum atomic E-state index is 5.51. The minimum absolute atomic E-state index is 0.663. The molecule has 0 amide bonds. The summed E-state index contributed by atoms with van der Waals surface area (Å²) in [7, 11) is 0. The third kappa shape index (κ3) is 4.43. The summed E-state index contributed by atoms with van der Waals surface area (Å²) in [6.45, 7) is 7.18. The van der Waals surface area contributed by atoms with Crippen LogP contribution in [0.5, 0.6) is 0 Å². The molecule has 9 heteroatoms. The zero-order valence-corrected chi connectivity index (χ0v) is 20.2. The maximum Gasteiger partial charge on any atom is 0.153 e. The first-order valence-electron chi connectivity index (χ1n) is 12.0. The predicted octanol–water partition coefficient (Wildman–Crippen LogP) is 3.84. The van der Waals surface area contributed by atoms with E-state index in [1.54, 1.807) is 10.9 Å². The summed E-state index contributed by atoms with van der Waals surface area (Å²) in [5.74, 6) is 3.39. The highest BCUT2D eigenvalue weighted by Gasteiger charge is 2.24. The van der Waals surface area contributed by atoms with Crippen LogP contribution >= 0.6 is 11.3 Å². The number of aryl methyl sites for hydroxylation is 1. The van der Waals surface area contributed by atoms with E-state index in [-0.39, 0.29) is 0 Å². The summed E-state index contributed by atoms with van der Waals surface area (Å²) in [5.41, 5.74) is 2.56. The Hall–Kier alpha value is -2.88. The highest BCUT2D eigenvalue weighted by Crippen LogP contribution is 2.40. The van der Waals surface area contributed by atoms with E-state index in [0.717, 1.165) is 79.5 Å². The normalized spacial score (nSPS) is 18.8. The molecule has 1 aliphatic heterocycles. The SMILES string of the molecule is C[C@H]1CCc2c(sc3nc(CN4CCOCC4)nc(NCc4ccc(-n5cccn5)nc4)c23)C1. The highest BCUT2D eigenvalue weighted by molar-refractivity contribution is 7.19. The lowest BCUT2D eigenvalue weighted by atomic mass is 9.89. The highest BCUT2D eigenvalue weighted by atomic mass is 32.1. The minimum atomic E-state index is 0.663. The standard InChI is InChI=1S/C25H29N7OS/c1-17-3-5-19-20(13-17)34-25-23(19)24(29-21(30-25)16-31-9-11-33-12-10-31)27-15-18-4-6-22(26-14-18)32-8-2-7-28-32/h2,4,6-8,14,17H,3,5,9-13,15-16H2,1H3,(H,27,29,30)/t17-/m0/s1. The number of hydrogen-bond donors (Lipinski definition) is 1. The van der Waals surface area contributed by atoms with Gasteiger partial charge in [-0.2, -0.15) is 5.10 Å². The van der Waals surface area contributed by atoms with E-state index in [1.165, 1.54) is 22.2 Å². The van der Waals surface area contributed by atoms with Crippen LogP contribution in [-0.4, -0.2) is 55.9 Å². The molecule has 1 aliphatic carbocycles. The van der Waals surface area contributed by atoms with Crippen molar-refractivity contribution in [2.24, 2.45) is 5.92 Å². The predicted molar refractivity (Wildman–Crippen MR) is 133 cm³/mol. The molecule has 8 nitrogen and oxygen atoms in total. The summed E-state index contributed by atoms with van der Waals surface area (Å²) < 4.78 is 7.28. The van der Waals surface area contributed by atoms with Crippen LogP contribution in [0.2, 0.25) is 0 Å². The Labute approximate surface area is 203 Å². The fraction of sp³-hybridized carbons (Fsp3) is 0.440. The van der Waals surface area contributed by atoms with E-state index in [2.05, 4.69) is 33.3 Å². The second-order valence-electron chi connectivity index (χ2n) is 9.24. The number of hydrogen-bond acceptors (Lipinski definition) is 8. The number of thiophene rings is 1. The summed E-state index contributed by atoms with van der Waals surface area (Å²) >= 11 is 1.86. The monoisotopic (exact) mass is 475 g/mol. The van der Waals surface area contributed by atoms with Gasteiger partial charge in [0.2, 0.25) is 0 Å². The third-order valence-corrected chi connectivity index (χ3v) is 7.83. The number of rotatable bonds is 6. The van der Waals surface area contributed by atoms with Crippen molar-refractivity contribution < 1.29 is 4.74 Å². The Morgan fingerprint density at radius 2 is 2.12 bits per heavy atom. The van der Waals surface area contributed by atoms with Crippen molar-refractivity contribution in [1.82, 2.24) is 29.6 Å². The van der Waals surface area contributed by atoms with Gasteiger partial charge in [-0.3, -0.25) is 4.90 Å². The van der Waals surface area contributed by atoms with Gasteiger partial charge in [0.1, 0.15) is 16.5 Å². The molecule has 5 heterocycles. The number of morpholine rings is 1. The second-order valence-corrected chi connectivity index (χ2v) is 10.3. The van der Waals surface area contributed by atoms with Crippen LogP contribution in [0.25, 0.3) is 16.0 Å². The van der Waals surface area contributed by atoms with Crippen molar-refractivity contribution in [3.63, 3.8) is 0 Å². The maximum absolute atomic E-state index is 5.51. The molecule has 0 aromatic carbocycles. The van der Waals surface area contributed by atoms with Crippen molar-refractivity contribution in [2.75, 3.05) is 31.6 Å². The Bertz CT molecular complexity index is 1260. The Balaban J connectivity index is 1.29. The molecule has 6 rings (SSSR count). The smallest absolute Gasteiger partial charge is 0.153 e. The van der Waals surface area contributed by atoms with Crippen LogP contribution < -0.4 is 5.32 Å². The number of nitrogens with one attached hydrogen (secondary N) is 1. The van der Waals surface area contributed by atoms with E-state index in [9.17, 15) is 0 Å². The van der Waals surface area contributed by atoms with Crippen molar-refractivity contribution in [3.8, 4) is 5.82 Å². The fourth-order valence-electron chi connectivity index (χ4n) is 4.79. The number of nitrogens with zero attached hydrogens (tertiary/aromatic N) is 6. The Morgan fingerprint density at radius 1 is 1.21 bits per heavy atom. The number of aromatic nitrogens is 5. The molecule has 176 valence electrons. The lowest BCUT2D eigenvalue weighted by Crippen LogP contribution is -2.36. The lowest BCUT2D eigenvalue weighted by molar-refractivity contribution is 0.0331.